The molecule has 134 valence electrons. The van der Waals surface area contributed by atoms with Crippen molar-refractivity contribution in [3.05, 3.63) is 77.7 Å². The van der Waals surface area contributed by atoms with Crippen molar-refractivity contribution >= 4 is 5.69 Å². The van der Waals surface area contributed by atoms with Gasteiger partial charge in [0.05, 0.1) is 5.69 Å². The van der Waals surface area contributed by atoms with Gasteiger partial charge in [-0.25, -0.2) is 0 Å². The number of aromatic nitrogens is 1. The molecule has 0 spiro atoms. The molecule has 5 heteroatoms. The van der Waals surface area contributed by atoms with Gasteiger partial charge in [-0.05, 0) is 29.8 Å². The maximum atomic E-state index is 9.43. The molecular formula is C21H23N3O2. The first-order chi connectivity index (χ1) is 12.8. The van der Waals surface area contributed by atoms with Gasteiger partial charge < -0.3 is 14.5 Å². The summed E-state index contributed by atoms with van der Waals surface area (Å²) in [6.45, 7) is 4.82. The number of anilines is 1. The first-order valence-corrected chi connectivity index (χ1v) is 9.00. The Bertz CT molecular complexity index is 822. The standard InChI is InChI=1S/C21H23N3O2/c25-20-8-6-19(7-9-20)24-12-10-23(11-13-24)15-18-16-26-22-21(18)14-17-4-2-1-3-5-17/h1-9,16,25H,10-15H2. The van der Waals surface area contributed by atoms with E-state index in [1.807, 2.05) is 18.2 Å². The fourth-order valence-electron chi connectivity index (χ4n) is 3.41. The number of phenolic OH excluding ortho intramolecular Hbond substituents is 1. The minimum absolute atomic E-state index is 0.311. The molecule has 1 fully saturated rings. The molecule has 0 bridgehead atoms. The molecule has 1 N–H and O–H groups in total. The molecule has 0 unspecified atom stereocenters. The van der Waals surface area contributed by atoms with Gasteiger partial charge in [-0.15, -0.1) is 0 Å². The fraction of sp³-hybridized carbons (Fsp3) is 0.286. The lowest BCUT2D eigenvalue weighted by atomic mass is 10.1. The predicted molar refractivity (Wildman–Crippen MR) is 101 cm³/mol. The van der Waals surface area contributed by atoms with Crippen molar-refractivity contribution in [3.8, 4) is 5.75 Å². The van der Waals surface area contributed by atoms with Crippen molar-refractivity contribution < 1.29 is 9.63 Å². The van der Waals surface area contributed by atoms with Crippen molar-refractivity contribution in [2.24, 2.45) is 0 Å². The first-order valence-electron chi connectivity index (χ1n) is 9.00. The molecule has 0 aliphatic carbocycles. The van der Waals surface area contributed by atoms with Gasteiger partial charge in [0.15, 0.2) is 0 Å². The third kappa shape index (κ3) is 3.89. The van der Waals surface area contributed by atoms with Gasteiger partial charge in [-0.3, -0.25) is 4.90 Å². The van der Waals surface area contributed by atoms with E-state index in [9.17, 15) is 5.11 Å². The smallest absolute Gasteiger partial charge is 0.128 e. The summed E-state index contributed by atoms with van der Waals surface area (Å²) < 4.78 is 5.25. The first kappa shape index (κ1) is 16.7. The van der Waals surface area contributed by atoms with Crippen LogP contribution in [0.15, 0.2) is 65.4 Å². The van der Waals surface area contributed by atoms with Gasteiger partial charge in [0.1, 0.15) is 12.0 Å². The summed E-state index contributed by atoms with van der Waals surface area (Å²) in [5.74, 6) is 0.311. The van der Waals surface area contributed by atoms with Crippen LogP contribution in [0.5, 0.6) is 5.75 Å². The molecule has 0 atom stereocenters. The number of aromatic hydroxyl groups is 1. The number of phenols is 1. The van der Waals surface area contributed by atoms with Gasteiger partial charge in [0.2, 0.25) is 0 Å². The topological polar surface area (TPSA) is 52.7 Å². The van der Waals surface area contributed by atoms with E-state index >= 15 is 0 Å². The molecule has 1 saturated heterocycles. The number of nitrogens with zero attached hydrogens (tertiary/aromatic N) is 3. The van der Waals surface area contributed by atoms with E-state index in [2.05, 4.69) is 39.2 Å². The largest absolute Gasteiger partial charge is 0.508 e. The lowest BCUT2D eigenvalue weighted by Gasteiger charge is -2.36. The quantitative estimate of drug-likeness (QED) is 0.766. The second kappa shape index (κ2) is 7.62. The van der Waals surface area contributed by atoms with Gasteiger partial charge in [0, 0.05) is 50.4 Å². The molecule has 26 heavy (non-hydrogen) atoms. The average molecular weight is 349 g/mol. The minimum atomic E-state index is 0.311. The third-order valence-corrected chi connectivity index (χ3v) is 4.92. The molecule has 5 nitrogen and oxygen atoms in total. The second-order valence-corrected chi connectivity index (χ2v) is 6.73. The van der Waals surface area contributed by atoms with Crippen LogP contribution in [0.3, 0.4) is 0 Å². The zero-order valence-corrected chi connectivity index (χ0v) is 14.7. The number of benzene rings is 2. The van der Waals surface area contributed by atoms with Crippen LogP contribution in [-0.4, -0.2) is 41.3 Å². The van der Waals surface area contributed by atoms with E-state index in [0.717, 1.165) is 50.5 Å². The molecule has 2 aromatic carbocycles. The van der Waals surface area contributed by atoms with Crippen LogP contribution in [0.25, 0.3) is 0 Å². The Hall–Kier alpha value is -2.79. The van der Waals surface area contributed by atoms with Crippen LogP contribution in [0.4, 0.5) is 5.69 Å². The van der Waals surface area contributed by atoms with E-state index in [4.69, 9.17) is 4.52 Å². The Balaban J connectivity index is 1.35. The highest BCUT2D eigenvalue weighted by Gasteiger charge is 2.19. The number of piperazine rings is 1. The molecule has 2 heterocycles. The lowest BCUT2D eigenvalue weighted by molar-refractivity contribution is 0.248. The highest BCUT2D eigenvalue weighted by molar-refractivity contribution is 5.49. The van der Waals surface area contributed by atoms with Crippen molar-refractivity contribution in [2.45, 2.75) is 13.0 Å². The fourth-order valence-corrected chi connectivity index (χ4v) is 3.41. The van der Waals surface area contributed by atoms with Gasteiger partial charge in [-0.1, -0.05) is 35.5 Å². The lowest BCUT2D eigenvalue weighted by Crippen LogP contribution is -2.46. The zero-order chi connectivity index (χ0) is 17.8. The Morgan fingerprint density at radius 2 is 1.65 bits per heavy atom. The van der Waals surface area contributed by atoms with Crippen molar-refractivity contribution in [1.29, 1.82) is 0 Å². The molecule has 1 aromatic heterocycles. The molecule has 1 aliphatic heterocycles. The highest BCUT2D eigenvalue weighted by Crippen LogP contribution is 2.21. The van der Waals surface area contributed by atoms with Crippen LogP contribution in [0.2, 0.25) is 0 Å². The SMILES string of the molecule is Oc1ccc(N2CCN(Cc3conc3Cc3ccccc3)CC2)cc1. The second-order valence-electron chi connectivity index (χ2n) is 6.73. The van der Waals surface area contributed by atoms with E-state index in [1.54, 1.807) is 18.4 Å². The highest BCUT2D eigenvalue weighted by atomic mass is 16.5. The molecule has 0 saturated carbocycles. The number of hydrogen-bond acceptors (Lipinski definition) is 5. The van der Waals surface area contributed by atoms with Crippen LogP contribution in [-0.2, 0) is 13.0 Å². The van der Waals surface area contributed by atoms with Gasteiger partial charge in [0.25, 0.3) is 0 Å². The Morgan fingerprint density at radius 3 is 2.38 bits per heavy atom. The van der Waals surface area contributed by atoms with Crippen LogP contribution < -0.4 is 4.90 Å². The zero-order valence-electron chi connectivity index (χ0n) is 14.7. The molecular weight excluding hydrogens is 326 g/mol. The van der Waals surface area contributed by atoms with E-state index in [0.29, 0.717) is 5.75 Å². The third-order valence-electron chi connectivity index (χ3n) is 4.92. The summed E-state index contributed by atoms with van der Waals surface area (Å²) in [5, 5.41) is 13.6. The summed E-state index contributed by atoms with van der Waals surface area (Å²) >= 11 is 0. The van der Waals surface area contributed by atoms with E-state index in [1.165, 1.54) is 11.1 Å². The molecule has 1 aliphatic rings. The molecule has 0 radical (unpaired) electrons. The summed E-state index contributed by atoms with van der Waals surface area (Å²) in [4.78, 5) is 4.80. The Kier molecular flexibility index (Phi) is 4.88. The average Bonchev–Trinajstić information content (AvgIpc) is 3.11. The maximum absolute atomic E-state index is 9.43. The Labute approximate surface area is 153 Å². The molecule has 3 aromatic rings. The van der Waals surface area contributed by atoms with Crippen molar-refractivity contribution in [1.82, 2.24) is 10.1 Å². The van der Waals surface area contributed by atoms with E-state index < -0.39 is 0 Å². The molecule has 0 amide bonds. The number of rotatable bonds is 5. The van der Waals surface area contributed by atoms with Crippen molar-refractivity contribution in [3.63, 3.8) is 0 Å². The van der Waals surface area contributed by atoms with E-state index in [-0.39, 0.29) is 0 Å². The van der Waals surface area contributed by atoms with Crippen LogP contribution >= 0.6 is 0 Å². The summed E-state index contributed by atoms with van der Waals surface area (Å²) in [6, 6.07) is 17.8. The summed E-state index contributed by atoms with van der Waals surface area (Å²) in [6.07, 6.45) is 2.59. The number of hydrogen-bond donors (Lipinski definition) is 1. The Morgan fingerprint density at radius 1 is 0.923 bits per heavy atom. The summed E-state index contributed by atoms with van der Waals surface area (Å²) in [5.41, 5.74) is 4.61. The van der Waals surface area contributed by atoms with Crippen molar-refractivity contribution in [2.75, 3.05) is 31.1 Å². The molecule has 4 rings (SSSR count). The van der Waals surface area contributed by atoms with Gasteiger partial charge in [-0.2, -0.15) is 0 Å². The van der Waals surface area contributed by atoms with Crippen LogP contribution in [0, 0.1) is 0 Å². The minimum Gasteiger partial charge on any atom is -0.508 e. The van der Waals surface area contributed by atoms with Crippen LogP contribution in [0.1, 0.15) is 16.8 Å². The summed E-state index contributed by atoms with van der Waals surface area (Å²) in [7, 11) is 0. The normalized spacial score (nSPS) is 15.3. The maximum Gasteiger partial charge on any atom is 0.128 e. The predicted octanol–water partition coefficient (Wildman–Crippen LogP) is 3.29. The monoisotopic (exact) mass is 349 g/mol. The van der Waals surface area contributed by atoms with Gasteiger partial charge >= 0.3 is 0 Å².